The molecule has 0 aliphatic rings. The van der Waals surface area contributed by atoms with Crippen molar-refractivity contribution >= 4 is 27.7 Å². The third-order valence-corrected chi connectivity index (χ3v) is 2.77. The highest BCUT2D eigenvalue weighted by Crippen LogP contribution is 2.23. The summed E-state index contributed by atoms with van der Waals surface area (Å²) in [6.07, 6.45) is 0.0238. The molecule has 0 saturated heterocycles. The molecule has 98 valence electrons. The van der Waals surface area contributed by atoms with E-state index in [2.05, 4.69) is 21.2 Å². The topological polar surface area (TPSA) is 92.4 Å². The normalized spacial score (nSPS) is 11.1. The molecule has 4 N–H and O–H groups in total. The van der Waals surface area contributed by atoms with E-state index in [0.717, 1.165) is 0 Å². The van der Waals surface area contributed by atoms with Gasteiger partial charge in [0.05, 0.1) is 5.56 Å². The molecular formula is C12H15BrN2O3. The molecule has 2 amide bonds. The zero-order chi connectivity index (χ0) is 13.9. The highest BCUT2D eigenvalue weighted by molar-refractivity contribution is 9.10. The highest BCUT2D eigenvalue weighted by Gasteiger charge is 2.24. The lowest BCUT2D eigenvalue weighted by molar-refractivity contribution is -0.119. The number of phenols is 1. The summed E-state index contributed by atoms with van der Waals surface area (Å²) in [5.74, 6) is -1.08. The molecule has 5 nitrogen and oxygen atoms in total. The molecule has 18 heavy (non-hydrogen) atoms. The predicted molar refractivity (Wildman–Crippen MR) is 71.2 cm³/mol. The van der Waals surface area contributed by atoms with E-state index in [9.17, 15) is 14.7 Å². The molecule has 6 heteroatoms. The molecule has 1 aromatic carbocycles. The van der Waals surface area contributed by atoms with Gasteiger partial charge in [-0.15, -0.1) is 0 Å². The number of benzene rings is 1. The first-order chi connectivity index (χ1) is 8.21. The number of amides is 2. The molecule has 0 aliphatic heterocycles. The summed E-state index contributed by atoms with van der Waals surface area (Å²) in [5, 5.41) is 12.3. The molecule has 0 unspecified atom stereocenters. The second-order valence-electron chi connectivity index (χ2n) is 4.64. The van der Waals surface area contributed by atoms with Gasteiger partial charge in [-0.3, -0.25) is 9.59 Å². The van der Waals surface area contributed by atoms with Gasteiger partial charge in [0.1, 0.15) is 5.75 Å². The van der Waals surface area contributed by atoms with Gasteiger partial charge in [-0.25, -0.2) is 0 Å². The quantitative estimate of drug-likeness (QED) is 0.787. The van der Waals surface area contributed by atoms with Crippen molar-refractivity contribution in [2.75, 3.05) is 0 Å². The zero-order valence-electron chi connectivity index (χ0n) is 10.2. The SMILES string of the molecule is CC(C)(CC(N)=O)NC(=O)c1ccc(Br)cc1O. The number of nitrogens with two attached hydrogens (primary N) is 1. The summed E-state index contributed by atoms with van der Waals surface area (Å²) in [6.45, 7) is 3.37. The van der Waals surface area contributed by atoms with Crippen LogP contribution in [0.2, 0.25) is 0 Å². The van der Waals surface area contributed by atoms with Gasteiger partial charge in [0.25, 0.3) is 5.91 Å². The molecule has 0 radical (unpaired) electrons. The Labute approximate surface area is 113 Å². The van der Waals surface area contributed by atoms with Gasteiger partial charge >= 0.3 is 0 Å². The summed E-state index contributed by atoms with van der Waals surface area (Å²) in [5.41, 5.74) is 4.48. The smallest absolute Gasteiger partial charge is 0.255 e. The summed E-state index contributed by atoms with van der Waals surface area (Å²) < 4.78 is 0.674. The molecule has 0 aliphatic carbocycles. The van der Waals surface area contributed by atoms with Gasteiger partial charge in [0.2, 0.25) is 5.91 Å². The monoisotopic (exact) mass is 314 g/mol. The van der Waals surface area contributed by atoms with E-state index in [4.69, 9.17) is 5.73 Å². The minimum Gasteiger partial charge on any atom is -0.507 e. The average molecular weight is 315 g/mol. The number of primary amides is 1. The molecule has 0 bridgehead atoms. The van der Waals surface area contributed by atoms with Crippen LogP contribution in [0.5, 0.6) is 5.75 Å². The van der Waals surface area contributed by atoms with Crippen LogP contribution in [0, 0.1) is 0 Å². The number of phenolic OH excluding ortho intramolecular Hbond substituents is 1. The molecule has 0 saturated carbocycles. The third-order valence-electron chi connectivity index (χ3n) is 2.27. The van der Waals surface area contributed by atoms with Crippen LogP contribution in [0.4, 0.5) is 0 Å². The number of halogens is 1. The van der Waals surface area contributed by atoms with Crippen molar-refractivity contribution < 1.29 is 14.7 Å². The largest absolute Gasteiger partial charge is 0.507 e. The Morgan fingerprint density at radius 3 is 2.56 bits per heavy atom. The number of hydrogen-bond donors (Lipinski definition) is 3. The van der Waals surface area contributed by atoms with E-state index in [1.165, 1.54) is 12.1 Å². The standard InChI is InChI=1S/C12H15BrN2O3/c1-12(2,6-10(14)17)15-11(18)8-4-3-7(13)5-9(8)16/h3-5,16H,6H2,1-2H3,(H2,14,17)(H,15,18). The lowest BCUT2D eigenvalue weighted by Gasteiger charge is -2.24. The third kappa shape index (κ3) is 4.03. The first-order valence-corrected chi connectivity index (χ1v) is 6.10. The summed E-state index contributed by atoms with van der Waals surface area (Å²) >= 11 is 3.19. The van der Waals surface area contributed by atoms with Crippen LogP contribution in [-0.4, -0.2) is 22.5 Å². The van der Waals surface area contributed by atoms with Crippen molar-refractivity contribution in [1.29, 1.82) is 0 Å². The molecule has 1 rings (SSSR count). The fraction of sp³-hybridized carbons (Fsp3) is 0.333. The second kappa shape index (κ2) is 5.39. The van der Waals surface area contributed by atoms with Gasteiger partial charge in [-0.05, 0) is 32.0 Å². The van der Waals surface area contributed by atoms with Gasteiger partial charge in [-0.1, -0.05) is 15.9 Å². The maximum Gasteiger partial charge on any atom is 0.255 e. The number of carbonyl (C=O) groups is 2. The lowest BCUT2D eigenvalue weighted by Crippen LogP contribution is -2.46. The van der Waals surface area contributed by atoms with Crippen molar-refractivity contribution in [3.63, 3.8) is 0 Å². The Balaban J connectivity index is 2.85. The second-order valence-corrected chi connectivity index (χ2v) is 5.56. The number of nitrogens with one attached hydrogen (secondary N) is 1. The van der Waals surface area contributed by atoms with Crippen LogP contribution in [0.25, 0.3) is 0 Å². The zero-order valence-corrected chi connectivity index (χ0v) is 11.7. The highest BCUT2D eigenvalue weighted by atomic mass is 79.9. The Hall–Kier alpha value is -1.56. The Kier molecular flexibility index (Phi) is 4.34. The van der Waals surface area contributed by atoms with E-state index in [1.54, 1.807) is 19.9 Å². The van der Waals surface area contributed by atoms with Crippen LogP contribution >= 0.6 is 15.9 Å². The molecule has 0 fully saturated rings. The lowest BCUT2D eigenvalue weighted by atomic mass is 9.99. The fourth-order valence-corrected chi connectivity index (χ4v) is 1.90. The van der Waals surface area contributed by atoms with E-state index in [-0.39, 0.29) is 17.7 Å². The van der Waals surface area contributed by atoms with Crippen molar-refractivity contribution in [3.05, 3.63) is 28.2 Å². The number of hydrogen-bond acceptors (Lipinski definition) is 3. The van der Waals surface area contributed by atoms with E-state index in [1.807, 2.05) is 0 Å². The van der Waals surface area contributed by atoms with Crippen molar-refractivity contribution in [3.8, 4) is 5.75 Å². The first-order valence-electron chi connectivity index (χ1n) is 5.30. The Bertz CT molecular complexity index is 486. The van der Waals surface area contributed by atoms with E-state index >= 15 is 0 Å². The number of aromatic hydroxyl groups is 1. The van der Waals surface area contributed by atoms with Crippen LogP contribution < -0.4 is 11.1 Å². The van der Waals surface area contributed by atoms with Gasteiger partial charge in [0, 0.05) is 16.4 Å². The minimum atomic E-state index is -0.761. The van der Waals surface area contributed by atoms with Crippen molar-refractivity contribution in [2.45, 2.75) is 25.8 Å². The maximum absolute atomic E-state index is 11.9. The predicted octanol–water partition coefficient (Wildman–Crippen LogP) is 1.54. The maximum atomic E-state index is 11.9. The molecular weight excluding hydrogens is 300 g/mol. The van der Waals surface area contributed by atoms with Gasteiger partial charge in [-0.2, -0.15) is 0 Å². The Morgan fingerprint density at radius 2 is 2.06 bits per heavy atom. The van der Waals surface area contributed by atoms with Gasteiger partial charge in [0.15, 0.2) is 0 Å². The molecule has 1 aromatic rings. The summed E-state index contributed by atoms with van der Waals surface area (Å²) in [6, 6.07) is 4.57. The summed E-state index contributed by atoms with van der Waals surface area (Å²) in [7, 11) is 0. The molecule has 0 aromatic heterocycles. The number of rotatable bonds is 4. The van der Waals surface area contributed by atoms with E-state index < -0.39 is 17.4 Å². The van der Waals surface area contributed by atoms with Crippen LogP contribution in [0.1, 0.15) is 30.6 Å². The van der Waals surface area contributed by atoms with E-state index in [0.29, 0.717) is 4.47 Å². The van der Waals surface area contributed by atoms with Crippen LogP contribution in [-0.2, 0) is 4.79 Å². The molecule has 0 spiro atoms. The van der Waals surface area contributed by atoms with Crippen molar-refractivity contribution in [2.24, 2.45) is 5.73 Å². The fourth-order valence-electron chi connectivity index (χ4n) is 1.55. The van der Waals surface area contributed by atoms with Crippen LogP contribution in [0.15, 0.2) is 22.7 Å². The van der Waals surface area contributed by atoms with Crippen LogP contribution in [0.3, 0.4) is 0 Å². The number of carbonyl (C=O) groups excluding carboxylic acids is 2. The Morgan fingerprint density at radius 1 is 1.44 bits per heavy atom. The minimum absolute atomic E-state index is 0.0238. The molecule has 0 atom stereocenters. The van der Waals surface area contributed by atoms with Gasteiger partial charge < -0.3 is 16.2 Å². The average Bonchev–Trinajstić information content (AvgIpc) is 2.13. The molecule has 0 heterocycles. The first kappa shape index (κ1) is 14.5. The summed E-state index contributed by atoms with van der Waals surface area (Å²) in [4.78, 5) is 22.8. The van der Waals surface area contributed by atoms with Crippen molar-refractivity contribution in [1.82, 2.24) is 5.32 Å².